The van der Waals surface area contributed by atoms with Gasteiger partial charge < -0.3 is 10.4 Å². The molecule has 2 aromatic rings. The SMILES string of the molecule is O=C(O)c1ccn(-c2cccc(CNC(=O)C3CC4CCC(C3)S4)c2)n1. The molecule has 0 radical (unpaired) electrons. The molecule has 2 aliphatic rings. The summed E-state index contributed by atoms with van der Waals surface area (Å²) in [6.07, 6.45) is 6.12. The zero-order valence-electron chi connectivity index (χ0n) is 14.3. The third-order valence-electron chi connectivity index (χ3n) is 5.11. The molecule has 2 unspecified atom stereocenters. The maximum absolute atomic E-state index is 12.5. The van der Waals surface area contributed by atoms with Gasteiger partial charge in [-0.1, -0.05) is 12.1 Å². The summed E-state index contributed by atoms with van der Waals surface area (Å²) in [4.78, 5) is 23.5. The number of thioether (sulfide) groups is 1. The Kier molecular flexibility index (Phi) is 4.72. The van der Waals surface area contributed by atoms with Crippen LogP contribution in [0.25, 0.3) is 5.69 Å². The predicted molar refractivity (Wildman–Crippen MR) is 99.5 cm³/mol. The van der Waals surface area contributed by atoms with E-state index < -0.39 is 5.97 Å². The van der Waals surface area contributed by atoms with E-state index in [1.54, 1.807) is 6.20 Å². The molecule has 3 heterocycles. The summed E-state index contributed by atoms with van der Waals surface area (Å²) < 4.78 is 1.53. The van der Waals surface area contributed by atoms with E-state index in [1.165, 1.54) is 23.6 Å². The van der Waals surface area contributed by atoms with Gasteiger partial charge in [0.15, 0.2) is 5.69 Å². The first-order chi connectivity index (χ1) is 12.6. The Labute approximate surface area is 156 Å². The van der Waals surface area contributed by atoms with Gasteiger partial charge in [-0.05, 0) is 49.4 Å². The zero-order valence-corrected chi connectivity index (χ0v) is 15.1. The summed E-state index contributed by atoms with van der Waals surface area (Å²) in [6, 6.07) is 9.08. The molecule has 2 saturated heterocycles. The number of nitrogens with one attached hydrogen (secondary N) is 1. The van der Waals surface area contributed by atoms with Crippen molar-refractivity contribution >= 4 is 23.6 Å². The molecule has 1 amide bonds. The Bertz CT molecular complexity index is 823. The molecule has 136 valence electrons. The number of hydrogen-bond acceptors (Lipinski definition) is 4. The van der Waals surface area contributed by atoms with Crippen molar-refractivity contribution in [2.75, 3.05) is 0 Å². The minimum Gasteiger partial charge on any atom is -0.476 e. The average molecular weight is 371 g/mol. The van der Waals surface area contributed by atoms with E-state index in [4.69, 9.17) is 5.11 Å². The van der Waals surface area contributed by atoms with Crippen molar-refractivity contribution in [3.05, 3.63) is 47.8 Å². The van der Waals surface area contributed by atoms with Gasteiger partial charge in [0.2, 0.25) is 5.91 Å². The van der Waals surface area contributed by atoms with Crippen molar-refractivity contribution in [2.45, 2.75) is 42.7 Å². The van der Waals surface area contributed by atoms with Crippen LogP contribution in [0.15, 0.2) is 36.5 Å². The molecule has 2 bridgehead atoms. The quantitative estimate of drug-likeness (QED) is 0.844. The number of carboxylic acids is 1. The highest BCUT2D eigenvalue weighted by molar-refractivity contribution is 8.00. The fourth-order valence-electron chi connectivity index (χ4n) is 3.80. The number of hydrogen-bond donors (Lipinski definition) is 2. The lowest BCUT2D eigenvalue weighted by atomic mass is 9.98. The minimum absolute atomic E-state index is 0.00787. The Morgan fingerprint density at radius 3 is 2.69 bits per heavy atom. The second kappa shape index (κ2) is 7.15. The standard InChI is InChI=1S/C19H21N3O3S/c23-18(13-9-15-4-5-16(10-13)26-15)20-11-12-2-1-3-14(8-12)22-7-6-17(21-22)19(24)25/h1-3,6-8,13,15-16H,4-5,9-11H2,(H,20,23)(H,24,25). The molecular formula is C19H21N3O3S. The number of rotatable bonds is 5. The largest absolute Gasteiger partial charge is 0.476 e. The number of benzene rings is 1. The molecule has 1 aromatic heterocycles. The molecule has 2 fully saturated rings. The van der Waals surface area contributed by atoms with Crippen molar-refractivity contribution in [3.8, 4) is 5.69 Å². The zero-order chi connectivity index (χ0) is 18.1. The molecule has 2 N–H and O–H groups in total. The van der Waals surface area contributed by atoms with Crippen LogP contribution >= 0.6 is 11.8 Å². The molecule has 0 spiro atoms. The lowest BCUT2D eigenvalue weighted by Gasteiger charge is -2.26. The van der Waals surface area contributed by atoms with Gasteiger partial charge >= 0.3 is 5.97 Å². The Morgan fingerprint density at radius 1 is 1.23 bits per heavy atom. The number of carbonyl (C=O) groups is 2. The van der Waals surface area contributed by atoms with Crippen LogP contribution in [0.3, 0.4) is 0 Å². The van der Waals surface area contributed by atoms with E-state index in [9.17, 15) is 9.59 Å². The number of amides is 1. The number of carbonyl (C=O) groups excluding carboxylic acids is 1. The van der Waals surface area contributed by atoms with Crippen LogP contribution in [0.4, 0.5) is 0 Å². The number of fused-ring (bicyclic) bond motifs is 2. The van der Waals surface area contributed by atoms with Crippen molar-refractivity contribution < 1.29 is 14.7 Å². The van der Waals surface area contributed by atoms with Gasteiger partial charge in [-0.2, -0.15) is 16.9 Å². The Hall–Kier alpha value is -2.28. The fraction of sp³-hybridized carbons (Fsp3) is 0.421. The van der Waals surface area contributed by atoms with E-state index in [1.807, 2.05) is 24.3 Å². The smallest absolute Gasteiger partial charge is 0.356 e. The van der Waals surface area contributed by atoms with Crippen LogP contribution < -0.4 is 5.32 Å². The highest BCUT2D eigenvalue weighted by atomic mass is 32.2. The molecule has 0 aliphatic carbocycles. The lowest BCUT2D eigenvalue weighted by Crippen LogP contribution is -2.34. The molecule has 6 nitrogen and oxygen atoms in total. The fourth-order valence-corrected chi connectivity index (χ4v) is 5.57. The third-order valence-corrected chi connectivity index (χ3v) is 6.74. The molecular weight excluding hydrogens is 350 g/mol. The maximum atomic E-state index is 12.5. The van der Waals surface area contributed by atoms with Gasteiger partial charge in [-0.25, -0.2) is 9.48 Å². The second-order valence-electron chi connectivity index (χ2n) is 6.96. The normalized spacial score (nSPS) is 24.4. The van der Waals surface area contributed by atoms with Crippen molar-refractivity contribution in [3.63, 3.8) is 0 Å². The van der Waals surface area contributed by atoms with E-state index in [0.29, 0.717) is 17.0 Å². The first-order valence-corrected chi connectivity index (χ1v) is 9.84. The predicted octanol–water partition coefficient (Wildman–Crippen LogP) is 2.86. The lowest BCUT2D eigenvalue weighted by molar-refractivity contribution is -0.125. The maximum Gasteiger partial charge on any atom is 0.356 e. The summed E-state index contributed by atoms with van der Waals surface area (Å²) >= 11 is 2.06. The molecule has 2 aliphatic heterocycles. The van der Waals surface area contributed by atoms with Crippen molar-refractivity contribution in [1.82, 2.24) is 15.1 Å². The molecule has 1 aromatic carbocycles. The second-order valence-corrected chi connectivity index (χ2v) is 8.57. The first kappa shape index (κ1) is 17.1. The number of carboxylic acid groups (broad SMARTS) is 1. The highest BCUT2D eigenvalue weighted by Crippen LogP contribution is 2.45. The summed E-state index contributed by atoms with van der Waals surface area (Å²) in [5.41, 5.74) is 1.75. The monoisotopic (exact) mass is 371 g/mol. The van der Waals surface area contributed by atoms with Crippen LogP contribution in [-0.2, 0) is 11.3 Å². The van der Waals surface area contributed by atoms with E-state index >= 15 is 0 Å². The van der Waals surface area contributed by atoms with Crippen LogP contribution in [0.2, 0.25) is 0 Å². The van der Waals surface area contributed by atoms with E-state index in [0.717, 1.165) is 24.1 Å². The summed E-state index contributed by atoms with van der Waals surface area (Å²) in [5.74, 6) is -0.757. The first-order valence-electron chi connectivity index (χ1n) is 8.90. The Balaban J connectivity index is 1.39. The molecule has 0 saturated carbocycles. The highest BCUT2D eigenvalue weighted by Gasteiger charge is 2.37. The minimum atomic E-state index is -1.05. The van der Waals surface area contributed by atoms with Gasteiger partial charge in [0.1, 0.15) is 0 Å². The number of nitrogens with zero attached hydrogens (tertiary/aromatic N) is 2. The van der Waals surface area contributed by atoms with Gasteiger partial charge in [0, 0.05) is 29.2 Å². The van der Waals surface area contributed by atoms with Gasteiger partial charge in [0.25, 0.3) is 0 Å². The molecule has 4 rings (SSSR count). The molecule has 7 heteroatoms. The van der Waals surface area contributed by atoms with Gasteiger partial charge in [-0.15, -0.1) is 0 Å². The van der Waals surface area contributed by atoms with Crippen LogP contribution in [0.1, 0.15) is 41.7 Å². The summed E-state index contributed by atoms with van der Waals surface area (Å²) in [6.45, 7) is 0.471. The molecule has 26 heavy (non-hydrogen) atoms. The van der Waals surface area contributed by atoms with Crippen LogP contribution in [-0.4, -0.2) is 37.3 Å². The number of aromatic carboxylic acids is 1. The van der Waals surface area contributed by atoms with Crippen LogP contribution in [0.5, 0.6) is 0 Å². The van der Waals surface area contributed by atoms with Gasteiger partial charge in [0.05, 0.1) is 5.69 Å². The average Bonchev–Trinajstić information content (AvgIpc) is 3.27. The van der Waals surface area contributed by atoms with Crippen molar-refractivity contribution in [2.24, 2.45) is 5.92 Å². The van der Waals surface area contributed by atoms with E-state index in [2.05, 4.69) is 22.2 Å². The molecule has 2 atom stereocenters. The summed E-state index contributed by atoms with van der Waals surface area (Å²) in [5, 5.41) is 17.4. The number of aromatic nitrogens is 2. The van der Waals surface area contributed by atoms with Crippen molar-refractivity contribution in [1.29, 1.82) is 0 Å². The summed E-state index contributed by atoms with van der Waals surface area (Å²) in [7, 11) is 0. The Morgan fingerprint density at radius 2 is 2.00 bits per heavy atom. The van der Waals surface area contributed by atoms with Crippen LogP contribution in [0, 0.1) is 5.92 Å². The third kappa shape index (κ3) is 3.62. The topological polar surface area (TPSA) is 84.2 Å². The van der Waals surface area contributed by atoms with E-state index in [-0.39, 0.29) is 17.5 Å². The van der Waals surface area contributed by atoms with Gasteiger partial charge in [-0.3, -0.25) is 4.79 Å².